The van der Waals surface area contributed by atoms with Crippen molar-refractivity contribution in [2.75, 3.05) is 12.4 Å². The van der Waals surface area contributed by atoms with Crippen LogP contribution in [0.1, 0.15) is 21.5 Å². The molecule has 0 spiro atoms. The lowest BCUT2D eigenvalue weighted by Crippen LogP contribution is -2.32. The molecule has 138 valence electrons. The first-order chi connectivity index (χ1) is 13.1. The van der Waals surface area contributed by atoms with Crippen molar-refractivity contribution in [3.63, 3.8) is 0 Å². The third-order valence-electron chi connectivity index (χ3n) is 4.00. The maximum Gasteiger partial charge on any atom is 0.295 e. The standard InChI is InChI=1S/C21H20N2O4/c1-15-5-7-16(8-6-15)14-27-23-13-3-4-19(21(23)25)20(24)22-17-9-11-18(26-2)12-10-17/h3-13H,14H2,1-2H3,(H,22,24). The molecule has 1 aromatic heterocycles. The van der Waals surface area contributed by atoms with Gasteiger partial charge in [-0.2, -0.15) is 4.73 Å². The van der Waals surface area contributed by atoms with E-state index in [9.17, 15) is 9.59 Å². The van der Waals surface area contributed by atoms with Crippen molar-refractivity contribution in [2.24, 2.45) is 0 Å². The highest BCUT2D eigenvalue weighted by Crippen LogP contribution is 2.15. The highest BCUT2D eigenvalue weighted by molar-refractivity contribution is 6.03. The van der Waals surface area contributed by atoms with Gasteiger partial charge < -0.3 is 14.9 Å². The number of anilines is 1. The molecule has 6 heteroatoms. The Balaban J connectivity index is 1.72. The number of amides is 1. The first-order valence-corrected chi connectivity index (χ1v) is 8.43. The van der Waals surface area contributed by atoms with E-state index in [1.807, 2.05) is 31.2 Å². The summed E-state index contributed by atoms with van der Waals surface area (Å²) in [6.07, 6.45) is 1.49. The van der Waals surface area contributed by atoms with E-state index >= 15 is 0 Å². The van der Waals surface area contributed by atoms with Gasteiger partial charge >= 0.3 is 0 Å². The van der Waals surface area contributed by atoms with Gasteiger partial charge in [0.1, 0.15) is 17.9 Å². The topological polar surface area (TPSA) is 69.6 Å². The molecule has 0 bridgehead atoms. The van der Waals surface area contributed by atoms with E-state index in [-0.39, 0.29) is 12.2 Å². The molecule has 1 amide bonds. The SMILES string of the molecule is COc1ccc(NC(=O)c2cccn(OCc3ccc(C)cc3)c2=O)cc1. The van der Waals surface area contributed by atoms with Crippen LogP contribution in [0.3, 0.4) is 0 Å². The second-order valence-electron chi connectivity index (χ2n) is 5.99. The lowest BCUT2D eigenvalue weighted by atomic mass is 10.2. The van der Waals surface area contributed by atoms with Crippen LogP contribution in [0.2, 0.25) is 0 Å². The summed E-state index contributed by atoms with van der Waals surface area (Å²) in [5.41, 5.74) is 2.12. The first kappa shape index (κ1) is 18.3. The Bertz CT molecular complexity index is 976. The fourth-order valence-electron chi connectivity index (χ4n) is 2.45. The number of nitrogens with zero attached hydrogens (tertiary/aromatic N) is 1. The number of hydrogen-bond acceptors (Lipinski definition) is 4. The number of hydrogen-bond donors (Lipinski definition) is 1. The highest BCUT2D eigenvalue weighted by Gasteiger charge is 2.13. The quantitative estimate of drug-likeness (QED) is 0.730. The lowest BCUT2D eigenvalue weighted by Gasteiger charge is -2.10. The van der Waals surface area contributed by atoms with Crippen LogP contribution in [0.4, 0.5) is 5.69 Å². The fraction of sp³-hybridized carbons (Fsp3) is 0.143. The van der Waals surface area contributed by atoms with Crippen LogP contribution < -0.4 is 20.5 Å². The van der Waals surface area contributed by atoms with Crippen molar-refractivity contribution in [2.45, 2.75) is 13.5 Å². The summed E-state index contributed by atoms with van der Waals surface area (Å²) < 4.78 is 6.15. The molecule has 0 radical (unpaired) electrons. The van der Waals surface area contributed by atoms with Crippen molar-refractivity contribution >= 4 is 11.6 Å². The van der Waals surface area contributed by atoms with Gasteiger partial charge in [0, 0.05) is 11.9 Å². The number of nitrogens with one attached hydrogen (secondary N) is 1. The Labute approximate surface area is 156 Å². The normalized spacial score (nSPS) is 10.3. The van der Waals surface area contributed by atoms with E-state index < -0.39 is 11.5 Å². The molecule has 3 aromatic rings. The molecule has 1 heterocycles. The maximum atomic E-state index is 12.5. The number of pyridine rings is 1. The average molecular weight is 364 g/mol. The predicted octanol–water partition coefficient (Wildman–Crippen LogP) is 3.05. The van der Waals surface area contributed by atoms with Crippen molar-refractivity contribution in [3.05, 3.63) is 93.9 Å². The molecule has 3 rings (SSSR count). The number of ether oxygens (including phenoxy) is 1. The zero-order chi connectivity index (χ0) is 19.2. The van der Waals surface area contributed by atoms with E-state index in [1.165, 1.54) is 12.3 Å². The molecule has 0 atom stereocenters. The van der Waals surface area contributed by atoms with Gasteiger partial charge in [-0.15, -0.1) is 0 Å². The molecule has 0 aliphatic rings. The fourth-order valence-corrected chi connectivity index (χ4v) is 2.45. The molecule has 2 aromatic carbocycles. The second kappa shape index (κ2) is 8.23. The van der Waals surface area contributed by atoms with Crippen LogP contribution in [-0.2, 0) is 6.61 Å². The van der Waals surface area contributed by atoms with Gasteiger partial charge in [-0.1, -0.05) is 29.8 Å². The Morgan fingerprint density at radius 2 is 1.74 bits per heavy atom. The summed E-state index contributed by atoms with van der Waals surface area (Å²) in [7, 11) is 1.57. The van der Waals surface area contributed by atoms with E-state index in [0.29, 0.717) is 11.4 Å². The molecular weight excluding hydrogens is 344 g/mol. The second-order valence-corrected chi connectivity index (χ2v) is 5.99. The lowest BCUT2D eigenvalue weighted by molar-refractivity contribution is 0.0863. The molecule has 0 fully saturated rings. The van der Waals surface area contributed by atoms with Gasteiger partial charge in [-0.25, -0.2) is 0 Å². The summed E-state index contributed by atoms with van der Waals surface area (Å²) >= 11 is 0. The van der Waals surface area contributed by atoms with Crippen LogP contribution in [0.15, 0.2) is 71.7 Å². The van der Waals surface area contributed by atoms with Crippen LogP contribution in [0.5, 0.6) is 5.75 Å². The summed E-state index contributed by atoms with van der Waals surface area (Å²) in [5.74, 6) is 0.179. The van der Waals surface area contributed by atoms with Crippen LogP contribution in [0, 0.1) is 6.92 Å². The number of rotatable bonds is 6. The van der Waals surface area contributed by atoms with Crippen molar-refractivity contribution in [3.8, 4) is 5.75 Å². The minimum atomic E-state index is -0.518. The van der Waals surface area contributed by atoms with Gasteiger partial charge in [0.05, 0.1) is 7.11 Å². The molecule has 0 aliphatic heterocycles. The van der Waals surface area contributed by atoms with Gasteiger partial charge in [0.15, 0.2) is 0 Å². The molecule has 27 heavy (non-hydrogen) atoms. The Morgan fingerprint density at radius 3 is 2.41 bits per heavy atom. The van der Waals surface area contributed by atoms with Gasteiger partial charge in [-0.3, -0.25) is 9.59 Å². The van der Waals surface area contributed by atoms with Crippen LogP contribution >= 0.6 is 0 Å². The highest BCUT2D eigenvalue weighted by atomic mass is 16.7. The van der Waals surface area contributed by atoms with Gasteiger partial charge in [0.2, 0.25) is 0 Å². The van der Waals surface area contributed by atoms with Crippen molar-refractivity contribution in [1.82, 2.24) is 4.73 Å². The molecular formula is C21H20N2O4. The number of carbonyl (C=O) groups excluding carboxylic acids is 1. The monoisotopic (exact) mass is 364 g/mol. The Morgan fingerprint density at radius 1 is 1.04 bits per heavy atom. The molecule has 1 N–H and O–H groups in total. The minimum absolute atomic E-state index is 0.00257. The Hall–Kier alpha value is -3.54. The van der Waals surface area contributed by atoms with Gasteiger partial charge in [-0.05, 0) is 48.9 Å². The Kier molecular flexibility index (Phi) is 5.56. The molecule has 0 saturated heterocycles. The molecule has 0 saturated carbocycles. The van der Waals surface area contributed by atoms with E-state index in [4.69, 9.17) is 9.57 Å². The zero-order valence-electron chi connectivity index (χ0n) is 15.1. The molecule has 0 aliphatic carbocycles. The summed E-state index contributed by atoms with van der Waals surface area (Å²) in [6, 6.07) is 17.7. The summed E-state index contributed by atoms with van der Waals surface area (Å²) in [4.78, 5) is 30.5. The number of methoxy groups -OCH3 is 1. The van der Waals surface area contributed by atoms with Crippen molar-refractivity contribution < 1.29 is 14.4 Å². The van der Waals surface area contributed by atoms with Gasteiger partial charge in [0.25, 0.3) is 11.5 Å². The smallest absolute Gasteiger partial charge is 0.295 e. The van der Waals surface area contributed by atoms with Crippen LogP contribution in [0.25, 0.3) is 0 Å². The van der Waals surface area contributed by atoms with E-state index in [2.05, 4.69) is 5.32 Å². The zero-order valence-corrected chi connectivity index (χ0v) is 15.1. The number of carbonyl (C=O) groups is 1. The number of aromatic nitrogens is 1. The summed E-state index contributed by atoms with van der Waals surface area (Å²) in [5, 5.41) is 2.69. The third kappa shape index (κ3) is 4.55. The number of benzene rings is 2. The molecule has 0 unspecified atom stereocenters. The first-order valence-electron chi connectivity index (χ1n) is 8.43. The largest absolute Gasteiger partial charge is 0.497 e. The van der Waals surface area contributed by atoms with Crippen molar-refractivity contribution in [1.29, 1.82) is 0 Å². The number of aryl methyl sites for hydroxylation is 1. The predicted molar refractivity (Wildman–Crippen MR) is 103 cm³/mol. The molecule has 6 nitrogen and oxygen atoms in total. The minimum Gasteiger partial charge on any atom is -0.497 e. The summed E-state index contributed by atoms with van der Waals surface area (Å²) in [6.45, 7) is 2.23. The van der Waals surface area contributed by atoms with E-state index in [1.54, 1.807) is 37.4 Å². The van der Waals surface area contributed by atoms with E-state index in [0.717, 1.165) is 15.9 Å². The average Bonchev–Trinajstić information content (AvgIpc) is 2.69. The third-order valence-corrected chi connectivity index (χ3v) is 4.00. The van der Waals surface area contributed by atoms with Crippen LogP contribution in [-0.4, -0.2) is 17.7 Å². The maximum absolute atomic E-state index is 12.5.